The summed E-state index contributed by atoms with van der Waals surface area (Å²) in [6.07, 6.45) is 1.48. The molecule has 5 nitrogen and oxygen atoms in total. The summed E-state index contributed by atoms with van der Waals surface area (Å²) >= 11 is 3.38. The van der Waals surface area contributed by atoms with Crippen LogP contribution in [0.15, 0.2) is 35.1 Å². The van der Waals surface area contributed by atoms with E-state index < -0.39 is 0 Å². The largest absolute Gasteiger partial charge is 0.370 e. The van der Waals surface area contributed by atoms with Gasteiger partial charge >= 0.3 is 0 Å². The molecule has 0 aliphatic rings. The Labute approximate surface area is 119 Å². The van der Waals surface area contributed by atoms with Crippen LogP contribution in [0.25, 0.3) is 0 Å². The molecule has 0 unspecified atom stereocenters. The maximum absolute atomic E-state index is 9.08. The Morgan fingerprint density at radius 1 is 1.26 bits per heavy atom. The molecule has 0 aliphatic heterocycles. The Hall–Kier alpha value is -2.13. The molecular weight excluding hydrogens is 306 g/mol. The fourth-order valence-corrected chi connectivity index (χ4v) is 1.92. The molecule has 19 heavy (non-hydrogen) atoms. The number of rotatable bonds is 4. The van der Waals surface area contributed by atoms with E-state index in [1.807, 2.05) is 19.1 Å². The Bertz CT molecular complexity index is 621. The summed E-state index contributed by atoms with van der Waals surface area (Å²) in [4.78, 5) is 8.23. The lowest BCUT2D eigenvalue weighted by molar-refractivity contribution is 1.11. The van der Waals surface area contributed by atoms with Crippen LogP contribution in [0.4, 0.5) is 17.3 Å². The summed E-state index contributed by atoms with van der Waals surface area (Å²) in [6.45, 7) is 2.79. The minimum atomic E-state index is 0.562. The normalized spacial score (nSPS) is 9.74. The number of nitriles is 1. The first-order valence-corrected chi connectivity index (χ1v) is 6.55. The zero-order valence-corrected chi connectivity index (χ0v) is 11.9. The summed E-state index contributed by atoms with van der Waals surface area (Å²) < 4.78 is 0.898. The molecule has 0 fully saturated rings. The van der Waals surface area contributed by atoms with E-state index in [0.29, 0.717) is 17.1 Å². The summed E-state index contributed by atoms with van der Waals surface area (Å²) in [5.74, 6) is 1.38. The van der Waals surface area contributed by atoms with Crippen molar-refractivity contribution in [3.8, 4) is 6.07 Å². The fraction of sp³-hybridized carbons (Fsp3) is 0.154. The monoisotopic (exact) mass is 317 g/mol. The number of hydrogen-bond donors (Lipinski definition) is 2. The van der Waals surface area contributed by atoms with E-state index in [4.69, 9.17) is 5.26 Å². The van der Waals surface area contributed by atoms with E-state index in [-0.39, 0.29) is 0 Å². The number of aromatic nitrogens is 2. The van der Waals surface area contributed by atoms with E-state index in [0.717, 1.165) is 16.8 Å². The highest BCUT2D eigenvalue weighted by molar-refractivity contribution is 9.10. The van der Waals surface area contributed by atoms with Crippen molar-refractivity contribution in [2.75, 3.05) is 17.2 Å². The molecule has 0 bridgehead atoms. The Balaban J connectivity index is 2.28. The average Bonchev–Trinajstić information content (AvgIpc) is 2.40. The van der Waals surface area contributed by atoms with Crippen molar-refractivity contribution in [3.63, 3.8) is 0 Å². The van der Waals surface area contributed by atoms with Gasteiger partial charge in [0.05, 0.1) is 11.3 Å². The van der Waals surface area contributed by atoms with Gasteiger partial charge in [0.15, 0.2) is 0 Å². The first-order chi connectivity index (χ1) is 9.22. The molecule has 0 spiro atoms. The van der Waals surface area contributed by atoms with Gasteiger partial charge in [0.1, 0.15) is 24.0 Å². The van der Waals surface area contributed by atoms with Crippen molar-refractivity contribution in [3.05, 3.63) is 40.6 Å². The zero-order valence-electron chi connectivity index (χ0n) is 10.3. The highest BCUT2D eigenvalue weighted by Crippen LogP contribution is 2.24. The minimum Gasteiger partial charge on any atom is -0.370 e. The van der Waals surface area contributed by atoms with Crippen LogP contribution in [-0.4, -0.2) is 16.5 Å². The summed E-state index contributed by atoms with van der Waals surface area (Å²) in [6, 6.07) is 9.35. The predicted octanol–water partition coefficient (Wildman–Crippen LogP) is 3.29. The van der Waals surface area contributed by atoms with Gasteiger partial charge in [0.25, 0.3) is 0 Å². The molecule has 2 rings (SSSR count). The SMILES string of the molecule is CCNc1cc(Nc2cc(Br)ccc2C#N)ncn1. The van der Waals surface area contributed by atoms with Crippen LogP contribution in [0.2, 0.25) is 0 Å². The molecule has 6 heteroatoms. The van der Waals surface area contributed by atoms with Crippen LogP contribution < -0.4 is 10.6 Å². The lowest BCUT2D eigenvalue weighted by atomic mass is 10.2. The molecule has 0 saturated heterocycles. The quantitative estimate of drug-likeness (QED) is 0.905. The van der Waals surface area contributed by atoms with Crippen LogP contribution in [0, 0.1) is 11.3 Å². The van der Waals surface area contributed by atoms with Crippen LogP contribution in [0.5, 0.6) is 0 Å². The second-order valence-electron chi connectivity index (χ2n) is 3.75. The van der Waals surface area contributed by atoms with E-state index in [2.05, 4.69) is 42.6 Å². The average molecular weight is 318 g/mol. The second kappa shape index (κ2) is 6.16. The molecule has 1 aromatic heterocycles. The number of hydrogen-bond acceptors (Lipinski definition) is 5. The number of nitrogens with one attached hydrogen (secondary N) is 2. The molecule has 2 aromatic rings. The van der Waals surface area contributed by atoms with Gasteiger partial charge < -0.3 is 10.6 Å². The summed E-state index contributed by atoms with van der Waals surface area (Å²) in [5.41, 5.74) is 1.27. The summed E-state index contributed by atoms with van der Waals surface area (Å²) in [5, 5.41) is 15.3. The lowest BCUT2D eigenvalue weighted by Crippen LogP contribution is -2.02. The molecule has 0 atom stereocenters. The van der Waals surface area contributed by atoms with Crippen molar-refractivity contribution in [1.82, 2.24) is 9.97 Å². The van der Waals surface area contributed by atoms with Crippen molar-refractivity contribution >= 4 is 33.3 Å². The smallest absolute Gasteiger partial charge is 0.135 e. The molecule has 0 amide bonds. The van der Waals surface area contributed by atoms with E-state index in [9.17, 15) is 0 Å². The number of halogens is 1. The van der Waals surface area contributed by atoms with Gasteiger partial charge in [-0.3, -0.25) is 0 Å². The molecule has 1 aromatic carbocycles. The second-order valence-corrected chi connectivity index (χ2v) is 4.66. The minimum absolute atomic E-state index is 0.562. The topological polar surface area (TPSA) is 73.6 Å². The van der Waals surface area contributed by atoms with Gasteiger partial charge in [-0.15, -0.1) is 0 Å². The standard InChI is InChI=1S/C13H12BrN5/c1-2-16-12-6-13(18-8-17-12)19-11-5-10(14)4-3-9(11)7-15/h3-6,8H,2H2,1H3,(H2,16,17,18,19). The van der Waals surface area contributed by atoms with Crippen LogP contribution in [0.1, 0.15) is 12.5 Å². The van der Waals surface area contributed by atoms with Gasteiger partial charge in [-0.25, -0.2) is 9.97 Å². The molecule has 0 radical (unpaired) electrons. The van der Waals surface area contributed by atoms with Crippen molar-refractivity contribution in [2.45, 2.75) is 6.92 Å². The highest BCUT2D eigenvalue weighted by atomic mass is 79.9. The molecule has 2 N–H and O–H groups in total. The maximum Gasteiger partial charge on any atom is 0.135 e. The fourth-order valence-electron chi connectivity index (χ4n) is 1.56. The van der Waals surface area contributed by atoms with Crippen molar-refractivity contribution in [1.29, 1.82) is 5.26 Å². The third-order valence-electron chi connectivity index (χ3n) is 2.39. The molecule has 96 valence electrons. The van der Waals surface area contributed by atoms with Gasteiger partial charge in [-0.05, 0) is 25.1 Å². The Morgan fingerprint density at radius 3 is 2.79 bits per heavy atom. The van der Waals surface area contributed by atoms with Crippen LogP contribution in [0.3, 0.4) is 0 Å². The first-order valence-electron chi connectivity index (χ1n) is 5.75. The zero-order chi connectivity index (χ0) is 13.7. The number of benzene rings is 1. The molecule has 0 saturated carbocycles. The van der Waals surface area contributed by atoms with Gasteiger partial charge in [-0.2, -0.15) is 5.26 Å². The Morgan fingerprint density at radius 2 is 2.05 bits per heavy atom. The van der Waals surface area contributed by atoms with Gasteiger partial charge in [-0.1, -0.05) is 15.9 Å². The van der Waals surface area contributed by atoms with Crippen LogP contribution >= 0.6 is 15.9 Å². The van der Waals surface area contributed by atoms with E-state index >= 15 is 0 Å². The highest BCUT2D eigenvalue weighted by Gasteiger charge is 2.05. The first kappa shape index (κ1) is 13.3. The molecule has 1 heterocycles. The lowest BCUT2D eigenvalue weighted by Gasteiger charge is -2.09. The van der Waals surface area contributed by atoms with Gasteiger partial charge in [0, 0.05) is 17.1 Å². The third-order valence-corrected chi connectivity index (χ3v) is 2.88. The molecular formula is C13H12BrN5. The maximum atomic E-state index is 9.08. The predicted molar refractivity (Wildman–Crippen MR) is 78.3 cm³/mol. The third kappa shape index (κ3) is 3.42. The van der Waals surface area contributed by atoms with Crippen LogP contribution in [-0.2, 0) is 0 Å². The van der Waals surface area contributed by atoms with Gasteiger partial charge in [0.2, 0.25) is 0 Å². The molecule has 0 aliphatic carbocycles. The number of nitrogens with zero attached hydrogens (tertiary/aromatic N) is 3. The number of anilines is 3. The van der Waals surface area contributed by atoms with Crippen molar-refractivity contribution in [2.24, 2.45) is 0 Å². The van der Waals surface area contributed by atoms with Crippen molar-refractivity contribution < 1.29 is 0 Å². The Kier molecular flexibility index (Phi) is 4.31. The van der Waals surface area contributed by atoms with E-state index in [1.165, 1.54) is 6.33 Å². The van der Waals surface area contributed by atoms with E-state index in [1.54, 1.807) is 12.1 Å². The summed E-state index contributed by atoms with van der Waals surface area (Å²) in [7, 11) is 0.